The molecule has 0 unspecified atom stereocenters. The van der Waals surface area contributed by atoms with E-state index in [1.54, 1.807) is 0 Å². The maximum Gasteiger partial charge on any atom is 0.315 e. The first kappa shape index (κ1) is 15.2. The molecular weight excluding hydrogens is 268 g/mol. The fourth-order valence-corrected chi connectivity index (χ4v) is 3.29. The van der Waals surface area contributed by atoms with Gasteiger partial charge in [0.2, 0.25) is 0 Å². The molecule has 4 heteroatoms. The predicted octanol–water partition coefficient (Wildman–Crippen LogP) is 3.37. The average molecular weight is 292 g/mol. The molecule has 2 rings (SSSR count). The highest BCUT2D eigenvalue weighted by Gasteiger charge is 2.13. The average Bonchev–Trinajstić information content (AvgIpc) is 2.36. The summed E-state index contributed by atoms with van der Waals surface area (Å²) in [5, 5.41) is 5.81. The fourth-order valence-electron chi connectivity index (χ4n) is 2.27. The number of rotatable bonds is 3. The zero-order valence-electron chi connectivity index (χ0n) is 12.6. The smallest absolute Gasteiger partial charge is 0.315 e. The van der Waals surface area contributed by atoms with Gasteiger partial charge in [0, 0.05) is 17.0 Å². The van der Waals surface area contributed by atoms with Crippen molar-refractivity contribution in [1.29, 1.82) is 0 Å². The Labute approximate surface area is 125 Å². The lowest BCUT2D eigenvalue weighted by atomic mass is 10.0. The monoisotopic (exact) mass is 292 g/mol. The molecule has 3 nitrogen and oxygen atoms in total. The number of hydrogen-bond acceptors (Lipinski definition) is 2. The summed E-state index contributed by atoms with van der Waals surface area (Å²) < 4.78 is 0. The summed E-state index contributed by atoms with van der Waals surface area (Å²) in [5.74, 6) is 1.24. The van der Waals surface area contributed by atoms with Crippen LogP contribution in [-0.2, 0) is 12.8 Å². The van der Waals surface area contributed by atoms with Gasteiger partial charge < -0.3 is 10.6 Å². The third-order valence-corrected chi connectivity index (χ3v) is 4.36. The molecule has 0 fully saturated rings. The predicted molar refractivity (Wildman–Crippen MR) is 85.5 cm³/mol. The van der Waals surface area contributed by atoms with Crippen LogP contribution in [0.15, 0.2) is 23.1 Å². The number of thioether (sulfide) groups is 1. The Bertz CT molecular complexity index is 480. The van der Waals surface area contributed by atoms with Crippen LogP contribution in [0.25, 0.3) is 0 Å². The molecule has 1 aromatic rings. The van der Waals surface area contributed by atoms with Gasteiger partial charge in [0.05, 0.1) is 0 Å². The Morgan fingerprint density at radius 2 is 2.15 bits per heavy atom. The largest absolute Gasteiger partial charge is 0.338 e. The van der Waals surface area contributed by atoms with Crippen LogP contribution in [0.1, 0.15) is 38.3 Å². The molecule has 0 aliphatic carbocycles. The second kappa shape index (κ2) is 6.53. The van der Waals surface area contributed by atoms with E-state index >= 15 is 0 Å². The minimum absolute atomic E-state index is 0.0917. The lowest BCUT2D eigenvalue weighted by Gasteiger charge is -2.21. The summed E-state index contributed by atoms with van der Waals surface area (Å²) in [4.78, 5) is 13.1. The van der Waals surface area contributed by atoms with Gasteiger partial charge in [-0.25, -0.2) is 4.79 Å². The van der Waals surface area contributed by atoms with Gasteiger partial charge in [-0.15, -0.1) is 11.8 Å². The molecule has 0 saturated heterocycles. The number of carbonyl (C=O) groups is 1. The fraction of sp³-hybridized carbons (Fsp3) is 0.562. The van der Waals surface area contributed by atoms with Gasteiger partial charge in [-0.05, 0) is 63.0 Å². The number of carbonyl (C=O) groups excluding carboxylic acids is 1. The van der Waals surface area contributed by atoms with Crippen molar-refractivity contribution in [2.75, 3.05) is 12.3 Å². The topological polar surface area (TPSA) is 41.1 Å². The minimum Gasteiger partial charge on any atom is -0.338 e. The number of nitrogens with one attached hydrogen (secondary N) is 2. The molecule has 1 aromatic carbocycles. The summed E-state index contributed by atoms with van der Waals surface area (Å²) in [7, 11) is 0. The molecule has 0 radical (unpaired) electrons. The lowest BCUT2D eigenvalue weighted by Crippen LogP contribution is -2.46. The van der Waals surface area contributed by atoms with Gasteiger partial charge in [-0.2, -0.15) is 0 Å². The van der Waals surface area contributed by atoms with Gasteiger partial charge >= 0.3 is 6.03 Å². The van der Waals surface area contributed by atoms with E-state index in [1.165, 1.54) is 34.6 Å². The third-order valence-electron chi connectivity index (χ3n) is 3.16. The normalized spacial score (nSPS) is 14.6. The Balaban J connectivity index is 1.81. The van der Waals surface area contributed by atoms with Gasteiger partial charge in [0.1, 0.15) is 0 Å². The van der Waals surface area contributed by atoms with Crippen molar-refractivity contribution in [2.45, 2.75) is 50.5 Å². The summed E-state index contributed by atoms with van der Waals surface area (Å²) in [6.45, 7) is 6.61. The first-order chi connectivity index (χ1) is 9.44. The summed E-state index contributed by atoms with van der Waals surface area (Å²) >= 11 is 1.95. The van der Waals surface area contributed by atoms with E-state index in [9.17, 15) is 4.79 Å². The van der Waals surface area contributed by atoms with Crippen molar-refractivity contribution in [3.8, 4) is 0 Å². The number of benzene rings is 1. The Morgan fingerprint density at radius 3 is 2.90 bits per heavy atom. The van der Waals surface area contributed by atoms with Crippen molar-refractivity contribution in [1.82, 2.24) is 10.6 Å². The first-order valence-corrected chi connectivity index (χ1v) is 8.23. The van der Waals surface area contributed by atoms with Gasteiger partial charge in [-0.1, -0.05) is 12.1 Å². The van der Waals surface area contributed by atoms with Crippen LogP contribution in [0.5, 0.6) is 0 Å². The molecule has 0 atom stereocenters. The molecule has 0 bridgehead atoms. The number of urea groups is 1. The van der Waals surface area contributed by atoms with E-state index in [0.717, 1.165) is 6.42 Å². The molecule has 1 aliphatic heterocycles. The highest BCUT2D eigenvalue weighted by Crippen LogP contribution is 2.30. The number of aryl methyl sites for hydroxylation is 1. The highest BCUT2D eigenvalue weighted by molar-refractivity contribution is 7.99. The Hall–Kier alpha value is -1.16. The lowest BCUT2D eigenvalue weighted by molar-refractivity contribution is 0.232. The summed E-state index contributed by atoms with van der Waals surface area (Å²) in [5.41, 5.74) is 2.59. The van der Waals surface area contributed by atoms with E-state index in [-0.39, 0.29) is 11.6 Å². The molecule has 2 amide bonds. The van der Waals surface area contributed by atoms with Crippen LogP contribution in [0.2, 0.25) is 0 Å². The third kappa shape index (κ3) is 4.75. The highest BCUT2D eigenvalue weighted by atomic mass is 32.2. The van der Waals surface area contributed by atoms with Crippen molar-refractivity contribution < 1.29 is 4.79 Å². The maximum absolute atomic E-state index is 11.7. The van der Waals surface area contributed by atoms with Crippen molar-refractivity contribution in [2.24, 2.45) is 0 Å². The molecule has 0 spiro atoms. The van der Waals surface area contributed by atoms with E-state index in [0.29, 0.717) is 6.54 Å². The molecule has 2 N–H and O–H groups in total. The van der Waals surface area contributed by atoms with Crippen LogP contribution in [0.3, 0.4) is 0 Å². The zero-order chi connectivity index (χ0) is 14.6. The molecule has 20 heavy (non-hydrogen) atoms. The Kier molecular flexibility index (Phi) is 4.97. The second-order valence-electron chi connectivity index (χ2n) is 6.27. The summed E-state index contributed by atoms with van der Waals surface area (Å²) in [6.07, 6.45) is 3.34. The van der Waals surface area contributed by atoms with Crippen molar-refractivity contribution in [3.63, 3.8) is 0 Å². The van der Waals surface area contributed by atoms with E-state index < -0.39 is 0 Å². The molecule has 110 valence electrons. The quantitative estimate of drug-likeness (QED) is 0.897. The number of amides is 2. The standard InChI is InChI=1S/C16H24N2OS/c1-16(2,3)18-15(19)17-9-8-12-6-7-14-13(11-12)5-4-10-20-14/h6-7,11H,4-5,8-10H2,1-3H3,(H2,17,18,19). The van der Waals surface area contributed by atoms with Crippen LogP contribution in [-0.4, -0.2) is 23.9 Å². The molecule has 1 heterocycles. The van der Waals surface area contributed by atoms with Crippen molar-refractivity contribution >= 4 is 17.8 Å². The Morgan fingerprint density at radius 1 is 1.35 bits per heavy atom. The SMILES string of the molecule is CC(C)(C)NC(=O)NCCc1ccc2c(c1)CCCS2. The zero-order valence-corrected chi connectivity index (χ0v) is 13.4. The van der Waals surface area contributed by atoms with Crippen LogP contribution < -0.4 is 10.6 Å². The van der Waals surface area contributed by atoms with E-state index in [2.05, 4.69) is 28.8 Å². The van der Waals surface area contributed by atoms with Crippen molar-refractivity contribution in [3.05, 3.63) is 29.3 Å². The number of fused-ring (bicyclic) bond motifs is 1. The van der Waals surface area contributed by atoms with Crippen LogP contribution in [0.4, 0.5) is 4.79 Å². The molecular formula is C16H24N2OS. The van der Waals surface area contributed by atoms with E-state index in [4.69, 9.17) is 0 Å². The van der Waals surface area contributed by atoms with Gasteiger partial charge in [-0.3, -0.25) is 0 Å². The first-order valence-electron chi connectivity index (χ1n) is 7.25. The second-order valence-corrected chi connectivity index (χ2v) is 7.41. The van der Waals surface area contributed by atoms with Gasteiger partial charge in [0.25, 0.3) is 0 Å². The molecule has 0 saturated carbocycles. The maximum atomic E-state index is 11.7. The number of hydrogen-bond donors (Lipinski definition) is 2. The van der Waals surface area contributed by atoms with Gasteiger partial charge in [0.15, 0.2) is 0 Å². The molecule has 1 aliphatic rings. The van der Waals surface area contributed by atoms with E-state index in [1.807, 2.05) is 32.5 Å². The summed E-state index contributed by atoms with van der Waals surface area (Å²) in [6, 6.07) is 6.61. The van der Waals surface area contributed by atoms with Crippen LogP contribution in [0, 0.1) is 0 Å². The van der Waals surface area contributed by atoms with Crippen LogP contribution >= 0.6 is 11.8 Å². The molecule has 0 aromatic heterocycles. The minimum atomic E-state index is -0.187.